The fraction of sp³-hybridized carbons (Fsp3) is 0.889. The molecule has 0 spiro atoms. The van der Waals surface area contributed by atoms with Crippen LogP contribution in [0.5, 0.6) is 0 Å². The molecule has 0 aromatic heterocycles. The Hall–Kier alpha value is -0.420. The van der Waals surface area contributed by atoms with E-state index in [9.17, 15) is 20.4 Å². The van der Waals surface area contributed by atoms with E-state index in [1.807, 2.05) is 13.0 Å². The maximum atomic E-state index is 10.4. The molecule has 22 heavy (non-hydrogen) atoms. The van der Waals surface area contributed by atoms with Crippen molar-refractivity contribution in [2.75, 3.05) is 13.2 Å². The van der Waals surface area contributed by atoms with Gasteiger partial charge >= 0.3 is 0 Å². The Kier molecular flexibility index (Phi) is 4.17. The lowest BCUT2D eigenvalue weighted by atomic mass is 9.46. The van der Waals surface area contributed by atoms with Gasteiger partial charge < -0.3 is 20.4 Å². The Bertz CT molecular complexity index is 462. The van der Waals surface area contributed by atoms with E-state index in [1.54, 1.807) is 0 Å². The molecular weight excluding hydrogens is 280 g/mol. The summed E-state index contributed by atoms with van der Waals surface area (Å²) >= 11 is 0. The maximum absolute atomic E-state index is 10.4. The zero-order chi connectivity index (χ0) is 16.1. The van der Waals surface area contributed by atoms with Crippen LogP contribution in [0.2, 0.25) is 0 Å². The summed E-state index contributed by atoms with van der Waals surface area (Å²) < 4.78 is 0. The molecule has 3 rings (SSSR count). The molecule has 4 nitrogen and oxygen atoms in total. The van der Waals surface area contributed by atoms with E-state index in [0.717, 1.165) is 25.7 Å². The first kappa shape index (κ1) is 16.4. The second kappa shape index (κ2) is 5.59. The molecule has 0 bridgehead atoms. The van der Waals surface area contributed by atoms with E-state index in [0.29, 0.717) is 12.3 Å². The standard InChI is InChI=1S/C18H30O4/c1-17-6-5-16(22)18(2,10-20)15(17)4-3-11-7-12(9-19)14(21)8-13(11)17/h8,11-12,14-16,19-22H,3-7,9-10H2,1-2H3/t11-,12-,14-,15+,16+,17+,18?/m0/s1. The third-order valence-electron chi connectivity index (χ3n) is 7.16. The van der Waals surface area contributed by atoms with E-state index >= 15 is 0 Å². The summed E-state index contributed by atoms with van der Waals surface area (Å²) in [7, 11) is 0. The van der Waals surface area contributed by atoms with Crippen molar-refractivity contribution in [3.8, 4) is 0 Å². The first-order valence-electron chi connectivity index (χ1n) is 8.67. The zero-order valence-electron chi connectivity index (χ0n) is 13.7. The lowest BCUT2D eigenvalue weighted by Gasteiger charge is -2.60. The van der Waals surface area contributed by atoms with Gasteiger partial charge in [0.2, 0.25) is 0 Å². The Morgan fingerprint density at radius 1 is 1.14 bits per heavy atom. The van der Waals surface area contributed by atoms with Crippen LogP contribution in [0.15, 0.2) is 11.6 Å². The van der Waals surface area contributed by atoms with Gasteiger partial charge in [0, 0.05) is 17.9 Å². The van der Waals surface area contributed by atoms with Crippen molar-refractivity contribution in [3.05, 3.63) is 11.6 Å². The van der Waals surface area contributed by atoms with Crippen LogP contribution in [0.4, 0.5) is 0 Å². The topological polar surface area (TPSA) is 80.9 Å². The Labute approximate surface area is 132 Å². The van der Waals surface area contributed by atoms with Crippen molar-refractivity contribution in [1.82, 2.24) is 0 Å². The molecule has 0 heterocycles. The monoisotopic (exact) mass is 310 g/mol. The molecular formula is C18H30O4. The van der Waals surface area contributed by atoms with Gasteiger partial charge in [0.1, 0.15) is 0 Å². The van der Waals surface area contributed by atoms with Crippen molar-refractivity contribution >= 4 is 0 Å². The molecule has 3 aliphatic carbocycles. The lowest BCUT2D eigenvalue weighted by Crippen LogP contribution is -2.57. The molecule has 2 fully saturated rings. The van der Waals surface area contributed by atoms with E-state index in [2.05, 4.69) is 6.92 Å². The highest BCUT2D eigenvalue weighted by atomic mass is 16.3. The Morgan fingerprint density at radius 3 is 2.50 bits per heavy atom. The van der Waals surface area contributed by atoms with E-state index < -0.39 is 17.6 Å². The van der Waals surface area contributed by atoms with E-state index in [1.165, 1.54) is 5.57 Å². The molecule has 126 valence electrons. The summed E-state index contributed by atoms with van der Waals surface area (Å²) in [5.74, 6) is 0.626. The third-order valence-corrected chi connectivity index (χ3v) is 7.16. The zero-order valence-corrected chi connectivity index (χ0v) is 13.7. The summed E-state index contributed by atoms with van der Waals surface area (Å²) in [5.41, 5.74) is 0.797. The Morgan fingerprint density at radius 2 is 1.86 bits per heavy atom. The highest BCUT2D eigenvalue weighted by molar-refractivity contribution is 5.28. The quantitative estimate of drug-likeness (QED) is 0.582. The first-order chi connectivity index (χ1) is 10.4. The van der Waals surface area contributed by atoms with Gasteiger partial charge in [-0.25, -0.2) is 0 Å². The molecule has 0 aliphatic heterocycles. The van der Waals surface area contributed by atoms with Crippen LogP contribution in [-0.4, -0.2) is 45.8 Å². The number of rotatable bonds is 2. The van der Waals surface area contributed by atoms with Crippen molar-refractivity contribution in [1.29, 1.82) is 0 Å². The van der Waals surface area contributed by atoms with Crippen LogP contribution < -0.4 is 0 Å². The van der Waals surface area contributed by atoms with Gasteiger partial charge in [-0.15, -0.1) is 0 Å². The minimum atomic E-state index is -0.570. The summed E-state index contributed by atoms with van der Waals surface area (Å²) in [4.78, 5) is 0. The smallest absolute Gasteiger partial charge is 0.0774 e. The molecule has 7 atom stereocenters. The van der Waals surface area contributed by atoms with Gasteiger partial charge in [0.25, 0.3) is 0 Å². The predicted octanol–water partition coefficient (Wildman–Crippen LogP) is 1.47. The first-order valence-corrected chi connectivity index (χ1v) is 8.67. The van der Waals surface area contributed by atoms with Crippen molar-refractivity contribution in [3.63, 3.8) is 0 Å². The molecule has 0 saturated heterocycles. The molecule has 4 N–H and O–H groups in total. The average Bonchev–Trinajstić information content (AvgIpc) is 2.51. The number of aliphatic hydroxyl groups excluding tert-OH is 4. The fourth-order valence-electron chi connectivity index (χ4n) is 5.68. The molecule has 2 saturated carbocycles. The van der Waals surface area contributed by atoms with Gasteiger partial charge in [0.15, 0.2) is 0 Å². The summed E-state index contributed by atoms with van der Waals surface area (Å²) in [6, 6.07) is 0. The number of allylic oxidation sites excluding steroid dienone is 1. The molecule has 0 aromatic carbocycles. The van der Waals surface area contributed by atoms with Crippen molar-refractivity contribution in [2.24, 2.45) is 28.6 Å². The highest BCUT2D eigenvalue weighted by Gasteiger charge is 2.57. The van der Waals surface area contributed by atoms with Crippen molar-refractivity contribution < 1.29 is 20.4 Å². The summed E-state index contributed by atoms with van der Waals surface area (Å²) in [6.45, 7) is 4.31. The van der Waals surface area contributed by atoms with Crippen LogP contribution in [0, 0.1) is 28.6 Å². The van der Waals surface area contributed by atoms with Gasteiger partial charge in [-0.05, 0) is 49.4 Å². The molecule has 4 heteroatoms. The van der Waals surface area contributed by atoms with Gasteiger partial charge in [-0.1, -0.05) is 25.5 Å². The molecule has 0 aromatic rings. The van der Waals surface area contributed by atoms with E-state index in [4.69, 9.17) is 0 Å². The second-order valence-electron chi connectivity index (χ2n) is 8.25. The minimum Gasteiger partial charge on any atom is -0.396 e. The maximum Gasteiger partial charge on any atom is 0.0774 e. The van der Waals surface area contributed by atoms with Gasteiger partial charge in [-0.2, -0.15) is 0 Å². The molecule has 0 radical (unpaired) electrons. The second-order valence-corrected chi connectivity index (χ2v) is 8.25. The molecule has 3 aliphatic rings. The van der Waals surface area contributed by atoms with E-state index in [-0.39, 0.29) is 30.5 Å². The predicted molar refractivity (Wildman–Crippen MR) is 84.0 cm³/mol. The van der Waals surface area contributed by atoms with Crippen LogP contribution in [0.25, 0.3) is 0 Å². The largest absolute Gasteiger partial charge is 0.396 e. The minimum absolute atomic E-state index is 0.00812. The van der Waals surface area contributed by atoms with Crippen LogP contribution in [0.3, 0.4) is 0 Å². The normalized spacial score (nSPS) is 51.7. The van der Waals surface area contributed by atoms with Crippen LogP contribution in [-0.2, 0) is 0 Å². The summed E-state index contributed by atoms with van der Waals surface area (Å²) in [5, 5.41) is 40.2. The third kappa shape index (κ3) is 2.19. The lowest BCUT2D eigenvalue weighted by molar-refractivity contribution is -0.133. The SMILES string of the molecule is CC1(CO)[C@H](O)CC[C@]2(C)C3=C[C@H](O)[C@H](CO)C[C@@H]3CC[C@@H]12. The highest BCUT2D eigenvalue weighted by Crippen LogP contribution is 2.62. The van der Waals surface area contributed by atoms with Gasteiger partial charge in [-0.3, -0.25) is 0 Å². The fourth-order valence-corrected chi connectivity index (χ4v) is 5.68. The van der Waals surface area contributed by atoms with Crippen LogP contribution in [0.1, 0.15) is 46.0 Å². The van der Waals surface area contributed by atoms with Crippen molar-refractivity contribution in [2.45, 2.75) is 58.2 Å². The number of hydrogen-bond donors (Lipinski definition) is 4. The number of aliphatic hydroxyl groups is 4. The average molecular weight is 310 g/mol. The molecule has 1 unspecified atom stereocenters. The Balaban J connectivity index is 1.99. The summed E-state index contributed by atoms with van der Waals surface area (Å²) in [6.07, 6.45) is 5.45. The van der Waals surface area contributed by atoms with Crippen LogP contribution >= 0.6 is 0 Å². The number of fused-ring (bicyclic) bond motifs is 3. The number of hydrogen-bond acceptors (Lipinski definition) is 4. The molecule has 0 amide bonds. The van der Waals surface area contributed by atoms with Gasteiger partial charge in [0.05, 0.1) is 18.8 Å².